The van der Waals surface area contributed by atoms with Crippen molar-refractivity contribution in [3.63, 3.8) is 0 Å². The van der Waals surface area contributed by atoms with Gasteiger partial charge in [-0.25, -0.2) is 0 Å². The Morgan fingerprint density at radius 3 is 2.57 bits per heavy atom. The Morgan fingerprint density at radius 2 is 2.05 bits per heavy atom. The van der Waals surface area contributed by atoms with E-state index >= 15 is 0 Å². The molecule has 0 aliphatic carbocycles. The number of hydrogen-bond donors (Lipinski definition) is 1. The lowest BCUT2D eigenvalue weighted by Gasteiger charge is -2.33. The van der Waals surface area contributed by atoms with Gasteiger partial charge in [-0.3, -0.25) is 4.79 Å². The second-order valence-electron chi connectivity index (χ2n) is 5.59. The minimum atomic E-state index is -4.53. The highest BCUT2D eigenvalue weighted by molar-refractivity contribution is 5.84. The fourth-order valence-electron chi connectivity index (χ4n) is 2.72. The standard InChI is InChI=1S/C15H19F3N2O/c1-11-5-3-4-6-12(11)9-20(2)13(21)14(15(16,17)18)7-8-19-10-14/h3-6,19H,7-10H2,1-2H3. The van der Waals surface area contributed by atoms with Gasteiger partial charge in [0.05, 0.1) is 0 Å². The molecule has 1 aromatic rings. The zero-order chi connectivity index (χ0) is 15.7. The van der Waals surface area contributed by atoms with Crippen LogP contribution in [0.2, 0.25) is 0 Å². The Labute approximate surface area is 122 Å². The van der Waals surface area contributed by atoms with Gasteiger partial charge in [0.2, 0.25) is 5.91 Å². The van der Waals surface area contributed by atoms with Gasteiger partial charge in [-0.15, -0.1) is 0 Å². The lowest BCUT2D eigenvalue weighted by atomic mass is 9.84. The summed E-state index contributed by atoms with van der Waals surface area (Å²) in [5.41, 5.74) is -0.468. The molecule has 0 spiro atoms. The predicted molar refractivity (Wildman–Crippen MR) is 73.6 cm³/mol. The Hall–Kier alpha value is -1.56. The van der Waals surface area contributed by atoms with Crippen molar-refractivity contribution < 1.29 is 18.0 Å². The van der Waals surface area contributed by atoms with Crippen molar-refractivity contribution in [3.05, 3.63) is 35.4 Å². The summed E-state index contributed by atoms with van der Waals surface area (Å²) in [6.07, 6.45) is -4.74. The van der Waals surface area contributed by atoms with Gasteiger partial charge in [0, 0.05) is 20.1 Å². The van der Waals surface area contributed by atoms with Crippen LogP contribution in [0.15, 0.2) is 24.3 Å². The first-order valence-electron chi connectivity index (χ1n) is 6.85. The summed E-state index contributed by atoms with van der Waals surface area (Å²) in [5, 5.41) is 2.66. The van der Waals surface area contributed by atoms with Gasteiger partial charge in [0.25, 0.3) is 0 Å². The Morgan fingerprint density at radius 1 is 1.38 bits per heavy atom. The Kier molecular flexibility index (Phi) is 4.27. The van der Waals surface area contributed by atoms with Crippen LogP contribution in [0.1, 0.15) is 17.5 Å². The maximum Gasteiger partial charge on any atom is 0.404 e. The van der Waals surface area contributed by atoms with E-state index in [2.05, 4.69) is 5.32 Å². The summed E-state index contributed by atoms with van der Waals surface area (Å²) in [4.78, 5) is 13.6. The van der Waals surface area contributed by atoms with Crippen LogP contribution >= 0.6 is 0 Å². The quantitative estimate of drug-likeness (QED) is 0.930. The first-order valence-corrected chi connectivity index (χ1v) is 6.85. The summed E-state index contributed by atoms with van der Waals surface area (Å²) in [7, 11) is 1.43. The molecule has 0 radical (unpaired) electrons. The van der Waals surface area contributed by atoms with E-state index in [1.165, 1.54) is 11.9 Å². The SMILES string of the molecule is Cc1ccccc1CN(C)C(=O)C1(C(F)(F)F)CCNC1. The molecule has 1 saturated heterocycles. The minimum absolute atomic E-state index is 0.184. The van der Waals surface area contributed by atoms with Crippen molar-refractivity contribution >= 4 is 5.91 Å². The summed E-state index contributed by atoms with van der Waals surface area (Å²) in [6.45, 7) is 1.94. The van der Waals surface area contributed by atoms with E-state index in [4.69, 9.17) is 0 Å². The molecule has 1 amide bonds. The molecule has 116 valence electrons. The smallest absolute Gasteiger partial charge is 0.341 e. The first-order chi connectivity index (χ1) is 9.78. The molecular weight excluding hydrogens is 281 g/mol. The lowest BCUT2D eigenvalue weighted by Crippen LogP contribution is -2.52. The van der Waals surface area contributed by atoms with Crippen LogP contribution in [0.5, 0.6) is 0 Å². The largest absolute Gasteiger partial charge is 0.404 e. The van der Waals surface area contributed by atoms with Crippen LogP contribution in [-0.4, -0.2) is 37.1 Å². The third kappa shape index (κ3) is 2.90. The highest BCUT2D eigenvalue weighted by atomic mass is 19.4. The minimum Gasteiger partial charge on any atom is -0.341 e. The number of alkyl halides is 3. The molecule has 3 nitrogen and oxygen atoms in total. The van der Waals surface area contributed by atoms with Gasteiger partial charge in [-0.1, -0.05) is 24.3 Å². The van der Waals surface area contributed by atoms with Crippen molar-refractivity contribution in [3.8, 4) is 0 Å². The summed E-state index contributed by atoms with van der Waals surface area (Å²) in [5.74, 6) is -0.858. The van der Waals surface area contributed by atoms with E-state index in [0.717, 1.165) is 11.1 Å². The average molecular weight is 300 g/mol. The van der Waals surface area contributed by atoms with Gasteiger partial charge in [0.1, 0.15) is 0 Å². The van der Waals surface area contributed by atoms with Crippen LogP contribution in [0.4, 0.5) is 13.2 Å². The van der Waals surface area contributed by atoms with Gasteiger partial charge < -0.3 is 10.2 Å². The number of nitrogens with zero attached hydrogens (tertiary/aromatic N) is 1. The molecule has 21 heavy (non-hydrogen) atoms. The van der Waals surface area contributed by atoms with Gasteiger partial charge >= 0.3 is 6.18 Å². The van der Waals surface area contributed by atoms with Crippen molar-refractivity contribution in [2.24, 2.45) is 5.41 Å². The summed E-state index contributed by atoms with van der Waals surface area (Å²) < 4.78 is 40.1. The van der Waals surface area contributed by atoms with Crippen molar-refractivity contribution in [1.82, 2.24) is 10.2 Å². The van der Waals surface area contributed by atoms with E-state index in [1.54, 1.807) is 0 Å². The average Bonchev–Trinajstić information content (AvgIpc) is 2.90. The van der Waals surface area contributed by atoms with Crippen LogP contribution in [0.25, 0.3) is 0 Å². The van der Waals surface area contributed by atoms with E-state index in [9.17, 15) is 18.0 Å². The number of benzene rings is 1. The molecule has 0 bridgehead atoms. The maximum absolute atomic E-state index is 13.4. The molecule has 1 aliphatic rings. The molecule has 1 aromatic carbocycles. The summed E-state index contributed by atoms with van der Waals surface area (Å²) >= 11 is 0. The lowest BCUT2D eigenvalue weighted by molar-refractivity contribution is -0.221. The van der Waals surface area contributed by atoms with Gasteiger partial charge in [-0.05, 0) is 31.0 Å². The normalized spacial score (nSPS) is 22.3. The van der Waals surface area contributed by atoms with Crippen LogP contribution in [0.3, 0.4) is 0 Å². The molecule has 0 aromatic heterocycles. The van der Waals surface area contributed by atoms with E-state index in [0.29, 0.717) is 0 Å². The Balaban J connectivity index is 2.20. The highest BCUT2D eigenvalue weighted by Gasteiger charge is 2.62. The van der Waals surface area contributed by atoms with Gasteiger partial charge in [-0.2, -0.15) is 13.2 Å². The third-order valence-corrected chi connectivity index (χ3v) is 4.12. The molecule has 1 atom stereocenters. The van der Waals surface area contributed by atoms with Crippen molar-refractivity contribution in [2.75, 3.05) is 20.1 Å². The number of carbonyl (C=O) groups excluding carboxylic acids is 1. The number of carbonyl (C=O) groups is 1. The topological polar surface area (TPSA) is 32.3 Å². The molecule has 1 heterocycles. The van der Waals surface area contributed by atoms with Crippen molar-refractivity contribution in [1.29, 1.82) is 0 Å². The fraction of sp³-hybridized carbons (Fsp3) is 0.533. The van der Waals surface area contributed by atoms with Crippen LogP contribution < -0.4 is 5.32 Å². The monoisotopic (exact) mass is 300 g/mol. The number of rotatable bonds is 3. The molecule has 1 unspecified atom stereocenters. The molecule has 1 fully saturated rings. The molecule has 1 N–H and O–H groups in total. The third-order valence-electron chi connectivity index (χ3n) is 4.12. The number of hydrogen-bond acceptors (Lipinski definition) is 2. The molecule has 0 saturated carbocycles. The van der Waals surface area contributed by atoms with E-state index in [-0.39, 0.29) is 26.1 Å². The van der Waals surface area contributed by atoms with Crippen molar-refractivity contribution in [2.45, 2.75) is 26.1 Å². The maximum atomic E-state index is 13.4. The number of amides is 1. The second-order valence-corrected chi connectivity index (χ2v) is 5.59. The first kappa shape index (κ1) is 15.8. The highest BCUT2D eigenvalue weighted by Crippen LogP contribution is 2.44. The summed E-state index contributed by atoms with van der Waals surface area (Å²) in [6, 6.07) is 7.38. The number of aryl methyl sites for hydroxylation is 1. The molecular formula is C15H19F3N2O. The number of halogens is 3. The Bertz CT molecular complexity index is 522. The fourth-order valence-corrected chi connectivity index (χ4v) is 2.72. The molecule has 6 heteroatoms. The van der Waals surface area contributed by atoms with E-state index < -0.39 is 17.5 Å². The van der Waals surface area contributed by atoms with E-state index in [1.807, 2.05) is 31.2 Å². The van der Waals surface area contributed by atoms with Crippen LogP contribution in [-0.2, 0) is 11.3 Å². The predicted octanol–water partition coefficient (Wildman–Crippen LogP) is 2.50. The van der Waals surface area contributed by atoms with Gasteiger partial charge in [0.15, 0.2) is 5.41 Å². The number of nitrogens with one attached hydrogen (secondary N) is 1. The second kappa shape index (κ2) is 5.67. The molecule has 1 aliphatic heterocycles. The van der Waals surface area contributed by atoms with Crippen LogP contribution in [0, 0.1) is 12.3 Å². The zero-order valence-corrected chi connectivity index (χ0v) is 12.1. The molecule has 2 rings (SSSR count). The zero-order valence-electron chi connectivity index (χ0n) is 12.1.